The molecule has 2 fully saturated rings. The summed E-state index contributed by atoms with van der Waals surface area (Å²) in [7, 11) is 0. The fraction of sp³-hybridized carbons (Fsp3) is 1.00. The Hall–Kier alpha value is -0.120. The van der Waals surface area contributed by atoms with E-state index >= 15 is 0 Å². The third-order valence-electron chi connectivity index (χ3n) is 3.17. The van der Waals surface area contributed by atoms with Crippen LogP contribution in [0.1, 0.15) is 33.6 Å². The van der Waals surface area contributed by atoms with Crippen LogP contribution in [0.4, 0.5) is 0 Å². The second-order valence-corrected chi connectivity index (χ2v) is 5.55. The summed E-state index contributed by atoms with van der Waals surface area (Å²) in [5.41, 5.74) is 3.91. The van der Waals surface area contributed by atoms with E-state index in [4.69, 9.17) is 0 Å². The Kier molecular flexibility index (Phi) is 2.82. The third kappa shape index (κ3) is 2.69. The Morgan fingerprint density at radius 1 is 1.00 bits per heavy atom. The van der Waals surface area contributed by atoms with Crippen molar-refractivity contribution in [1.82, 2.24) is 15.3 Å². The van der Waals surface area contributed by atoms with Gasteiger partial charge in [-0.2, -0.15) is 0 Å². The first-order chi connectivity index (χ1) is 6.55. The molecule has 1 aliphatic heterocycles. The van der Waals surface area contributed by atoms with Crippen LogP contribution >= 0.6 is 0 Å². The Bertz CT molecular complexity index is 185. The summed E-state index contributed by atoms with van der Waals surface area (Å²) < 4.78 is 0. The lowest BCUT2D eigenvalue weighted by molar-refractivity contribution is 0.0362. The third-order valence-corrected chi connectivity index (χ3v) is 3.17. The van der Waals surface area contributed by atoms with E-state index < -0.39 is 0 Å². The van der Waals surface area contributed by atoms with E-state index in [0.717, 1.165) is 6.04 Å². The van der Waals surface area contributed by atoms with Crippen molar-refractivity contribution in [3.63, 3.8) is 0 Å². The van der Waals surface area contributed by atoms with Crippen molar-refractivity contribution in [2.45, 2.75) is 45.2 Å². The Morgan fingerprint density at radius 2 is 1.57 bits per heavy atom. The molecule has 3 heteroatoms. The average Bonchev–Trinajstić information content (AvgIpc) is 2.88. The molecule has 0 aromatic heterocycles. The van der Waals surface area contributed by atoms with Gasteiger partial charge in [-0.3, -0.25) is 10.3 Å². The van der Waals surface area contributed by atoms with Crippen molar-refractivity contribution in [3.8, 4) is 0 Å². The molecule has 1 aliphatic carbocycles. The molecule has 0 unspecified atom stereocenters. The van der Waals surface area contributed by atoms with E-state index in [1.807, 2.05) is 0 Å². The monoisotopic (exact) mass is 197 g/mol. The first-order valence-corrected chi connectivity index (χ1v) is 5.82. The minimum absolute atomic E-state index is 0.339. The minimum atomic E-state index is 0.339. The highest BCUT2D eigenvalue weighted by atomic mass is 15.5. The smallest absolute Gasteiger partial charge is 0.0259 e. The first-order valence-electron chi connectivity index (χ1n) is 5.82. The molecular weight excluding hydrogens is 174 g/mol. The molecule has 3 nitrogen and oxygen atoms in total. The maximum atomic E-state index is 3.57. The highest BCUT2D eigenvalue weighted by molar-refractivity contribution is 4.84. The highest BCUT2D eigenvalue weighted by Gasteiger charge is 2.29. The number of nitrogens with one attached hydrogen (secondary N) is 1. The van der Waals surface area contributed by atoms with Crippen molar-refractivity contribution >= 4 is 0 Å². The molecular formula is C11H23N3. The van der Waals surface area contributed by atoms with E-state index in [-0.39, 0.29) is 0 Å². The van der Waals surface area contributed by atoms with Crippen LogP contribution < -0.4 is 5.43 Å². The van der Waals surface area contributed by atoms with Crippen LogP contribution in [-0.4, -0.2) is 47.7 Å². The summed E-state index contributed by atoms with van der Waals surface area (Å²) in [6.45, 7) is 11.7. The van der Waals surface area contributed by atoms with E-state index in [2.05, 4.69) is 36.1 Å². The summed E-state index contributed by atoms with van der Waals surface area (Å²) in [6, 6.07) is 0.802. The van der Waals surface area contributed by atoms with Gasteiger partial charge in [-0.05, 0) is 33.6 Å². The van der Waals surface area contributed by atoms with Gasteiger partial charge < -0.3 is 0 Å². The molecule has 0 atom stereocenters. The molecule has 0 radical (unpaired) electrons. The summed E-state index contributed by atoms with van der Waals surface area (Å²) in [5, 5.41) is 2.40. The first kappa shape index (κ1) is 10.4. The number of hydrogen-bond acceptors (Lipinski definition) is 3. The predicted molar refractivity (Wildman–Crippen MR) is 59.1 cm³/mol. The van der Waals surface area contributed by atoms with E-state index in [9.17, 15) is 0 Å². The largest absolute Gasteiger partial charge is 0.296 e. The molecule has 1 saturated heterocycles. The van der Waals surface area contributed by atoms with Crippen LogP contribution in [0.2, 0.25) is 0 Å². The molecule has 0 spiro atoms. The number of rotatable bonds is 2. The Labute approximate surface area is 87.4 Å². The molecule has 1 saturated carbocycles. The standard InChI is InChI=1S/C11H23N3/c1-11(2,3)13-6-8-14(9-7-13)12-10-4-5-10/h10,12H,4-9H2,1-3H3. The van der Waals surface area contributed by atoms with Crippen LogP contribution in [0.3, 0.4) is 0 Å². The maximum Gasteiger partial charge on any atom is 0.0259 e. The topological polar surface area (TPSA) is 18.5 Å². The van der Waals surface area contributed by atoms with Gasteiger partial charge in [-0.1, -0.05) is 0 Å². The molecule has 2 aliphatic rings. The fourth-order valence-electron chi connectivity index (χ4n) is 1.98. The Balaban J connectivity index is 1.74. The second-order valence-electron chi connectivity index (χ2n) is 5.55. The molecule has 0 bridgehead atoms. The van der Waals surface area contributed by atoms with Gasteiger partial charge >= 0.3 is 0 Å². The molecule has 1 N–H and O–H groups in total. The van der Waals surface area contributed by atoms with Gasteiger partial charge in [0, 0.05) is 37.8 Å². The molecule has 2 rings (SSSR count). The van der Waals surface area contributed by atoms with Crippen LogP contribution in [0.15, 0.2) is 0 Å². The van der Waals surface area contributed by atoms with Gasteiger partial charge in [0.2, 0.25) is 0 Å². The van der Waals surface area contributed by atoms with Crippen molar-refractivity contribution in [3.05, 3.63) is 0 Å². The van der Waals surface area contributed by atoms with Gasteiger partial charge in [0.1, 0.15) is 0 Å². The van der Waals surface area contributed by atoms with Gasteiger partial charge in [-0.15, -0.1) is 0 Å². The van der Waals surface area contributed by atoms with Crippen molar-refractivity contribution in [2.75, 3.05) is 26.2 Å². The Morgan fingerprint density at radius 3 is 2.00 bits per heavy atom. The number of hydrogen-bond donors (Lipinski definition) is 1. The molecule has 14 heavy (non-hydrogen) atoms. The highest BCUT2D eigenvalue weighted by Crippen LogP contribution is 2.20. The predicted octanol–water partition coefficient (Wildman–Crippen LogP) is 1.07. The van der Waals surface area contributed by atoms with Crippen LogP contribution in [0.5, 0.6) is 0 Å². The number of hydrazine groups is 1. The zero-order valence-corrected chi connectivity index (χ0v) is 9.71. The molecule has 0 amide bonds. The summed E-state index contributed by atoms with van der Waals surface area (Å²) in [6.07, 6.45) is 2.75. The van der Waals surface area contributed by atoms with Crippen molar-refractivity contribution in [1.29, 1.82) is 0 Å². The van der Waals surface area contributed by atoms with Gasteiger partial charge in [-0.25, -0.2) is 5.01 Å². The van der Waals surface area contributed by atoms with E-state index in [0.29, 0.717) is 5.54 Å². The molecule has 0 aromatic carbocycles. The molecule has 82 valence electrons. The number of piperazine rings is 1. The minimum Gasteiger partial charge on any atom is -0.296 e. The average molecular weight is 197 g/mol. The number of nitrogens with zero attached hydrogens (tertiary/aromatic N) is 2. The van der Waals surface area contributed by atoms with Crippen molar-refractivity contribution < 1.29 is 0 Å². The van der Waals surface area contributed by atoms with E-state index in [1.165, 1.54) is 39.0 Å². The summed E-state index contributed by atoms with van der Waals surface area (Å²) >= 11 is 0. The normalized spacial score (nSPS) is 26.8. The zero-order valence-electron chi connectivity index (χ0n) is 9.71. The van der Waals surface area contributed by atoms with Gasteiger partial charge in [0.25, 0.3) is 0 Å². The summed E-state index contributed by atoms with van der Waals surface area (Å²) in [4.78, 5) is 2.57. The lowest BCUT2D eigenvalue weighted by atomic mass is 10.1. The van der Waals surface area contributed by atoms with Gasteiger partial charge in [0.15, 0.2) is 0 Å². The maximum absolute atomic E-state index is 3.57. The fourth-order valence-corrected chi connectivity index (χ4v) is 1.98. The van der Waals surface area contributed by atoms with Crippen molar-refractivity contribution in [2.24, 2.45) is 0 Å². The summed E-state index contributed by atoms with van der Waals surface area (Å²) in [5.74, 6) is 0. The van der Waals surface area contributed by atoms with E-state index in [1.54, 1.807) is 0 Å². The lowest BCUT2D eigenvalue weighted by Gasteiger charge is -2.42. The van der Waals surface area contributed by atoms with Crippen LogP contribution in [0, 0.1) is 0 Å². The molecule has 1 heterocycles. The van der Waals surface area contributed by atoms with Crippen LogP contribution in [-0.2, 0) is 0 Å². The van der Waals surface area contributed by atoms with Crippen LogP contribution in [0.25, 0.3) is 0 Å². The lowest BCUT2D eigenvalue weighted by Crippen LogP contribution is -2.57. The zero-order chi connectivity index (χ0) is 10.2. The second kappa shape index (κ2) is 3.80. The van der Waals surface area contributed by atoms with Gasteiger partial charge in [0.05, 0.1) is 0 Å². The SMILES string of the molecule is CC(C)(C)N1CCN(NC2CC2)CC1. The quantitative estimate of drug-likeness (QED) is 0.714. The molecule has 0 aromatic rings.